The van der Waals surface area contributed by atoms with Crippen molar-refractivity contribution < 1.29 is 13.9 Å². The molecule has 0 aliphatic rings. The predicted molar refractivity (Wildman–Crippen MR) is 63.5 cm³/mol. The number of aliphatic hydroxyl groups is 1. The van der Waals surface area contributed by atoms with E-state index in [1.54, 1.807) is 13.0 Å². The molecule has 17 heavy (non-hydrogen) atoms. The lowest BCUT2D eigenvalue weighted by Crippen LogP contribution is -2.23. The molecule has 2 nitrogen and oxygen atoms in total. The van der Waals surface area contributed by atoms with E-state index in [4.69, 9.17) is 0 Å². The van der Waals surface area contributed by atoms with Crippen LogP contribution >= 0.6 is 0 Å². The van der Waals surface area contributed by atoms with Crippen LogP contribution in [0.5, 0.6) is 0 Å². The van der Waals surface area contributed by atoms with Crippen LogP contribution in [0.2, 0.25) is 0 Å². The molecular weight excluding hydrogens is 224 g/mol. The second-order valence-corrected chi connectivity index (χ2v) is 4.57. The third kappa shape index (κ3) is 5.24. The van der Waals surface area contributed by atoms with Crippen molar-refractivity contribution in [1.29, 1.82) is 0 Å². The Bertz CT molecular complexity index is 355. The van der Waals surface area contributed by atoms with Crippen molar-refractivity contribution in [2.45, 2.75) is 32.9 Å². The molecule has 0 spiro atoms. The Hall–Kier alpha value is -1.00. The summed E-state index contributed by atoms with van der Waals surface area (Å²) in [4.78, 5) is 0. The summed E-state index contributed by atoms with van der Waals surface area (Å²) >= 11 is 0. The molecule has 0 saturated heterocycles. The van der Waals surface area contributed by atoms with Gasteiger partial charge in [0, 0.05) is 6.54 Å². The van der Waals surface area contributed by atoms with Crippen molar-refractivity contribution in [1.82, 2.24) is 5.32 Å². The zero-order valence-electron chi connectivity index (χ0n) is 10.2. The largest absolute Gasteiger partial charge is 0.393 e. The first-order valence-electron chi connectivity index (χ1n) is 5.81. The van der Waals surface area contributed by atoms with Crippen LogP contribution in [0.15, 0.2) is 18.2 Å². The molecule has 0 bridgehead atoms. The molecule has 2 N–H and O–H groups in total. The van der Waals surface area contributed by atoms with Gasteiger partial charge in [-0.1, -0.05) is 13.0 Å². The predicted octanol–water partition coefficient (Wildman–Crippen LogP) is 2.46. The number of hydrogen-bond donors (Lipinski definition) is 2. The third-order valence-electron chi connectivity index (χ3n) is 2.55. The van der Waals surface area contributed by atoms with Crippen molar-refractivity contribution in [3.63, 3.8) is 0 Å². The minimum atomic E-state index is -0.823. The van der Waals surface area contributed by atoms with E-state index in [2.05, 4.69) is 5.32 Å². The van der Waals surface area contributed by atoms with Gasteiger partial charge in [0.1, 0.15) is 0 Å². The van der Waals surface area contributed by atoms with Gasteiger partial charge in [-0.05, 0) is 43.5 Å². The quantitative estimate of drug-likeness (QED) is 0.804. The lowest BCUT2D eigenvalue weighted by atomic mass is 10.0. The van der Waals surface area contributed by atoms with Crippen LogP contribution in [0.1, 0.15) is 25.8 Å². The molecule has 2 atom stereocenters. The summed E-state index contributed by atoms with van der Waals surface area (Å²) in [5.41, 5.74) is 0.716. The van der Waals surface area contributed by atoms with Gasteiger partial charge in [-0.2, -0.15) is 0 Å². The van der Waals surface area contributed by atoms with Gasteiger partial charge in [0.15, 0.2) is 11.6 Å². The second kappa shape index (κ2) is 6.67. The fourth-order valence-corrected chi connectivity index (χ4v) is 1.78. The van der Waals surface area contributed by atoms with Gasteiger partial charge in [0.25, 0.3) is 0 Å². The van der Waals surface area contributed by atoms with E-state index in [1.807, 2.05) is 6.92 Å². The van der Waals surface area contributed by atoms with Gasteiger partial charge in [-0.25, -0.2) is 8.78 Å². The fraction of sp³-hybridized carbons (Fsp3) is 0.538. The summed E-state index contributed by atoms with van der Waals surface area (Å²) in [6.07, 6.45) is 0.417. The number of benzene rings is 1. The minimum absolute atomic E-state index is 0.310. The monoisotopic (exact) mass is 243 g/mol. The number of halogens is 2. The highest BCUT2D eigenvalue weighted by atomic mass is 19.2. The standard InChI is InChI=1S/C13H19F2NO/c1-9(5-10(2)17)7-16-8-11-3-4-12(14)13(15)6-11/h3-4,6,9-10,16-17H,5,7-8H2,1-2H3. The Kier molecular flexibility index (Phi) is 5.51. The van der Waals surface area contributed by atoms with E-state index >= 15 is 0 Å². The highest BCUT2D eigenvalue weighted by Crippen LogP contribution is 2.09. The van der Waals surface area contributed by atoms with Crippen LogP contribution in [0.25, 0.3) is 0 Å². The second-order valence-electron chi connectivity index (χ2n) is 4.57. The van der Waals surface area contributed by atoms with Crippen LogP contribution in [0.3, 0.4) is 0 Å². The van der Waals surface area contributed by atoms with E-state index in [-0.39, 0.29) is 6.10 Å². The Balaban J connectivity index is 2.33. The summed E-state index contributed by atoms with van der Waals surface area (Å²) in [7, 11) is 0. The lowest BCUT2D eigenvalue weighted by Gasteiger charge is -2.14. The van der Waals surface area contributed by atoms with E-state index in [0.717, 1.165) is 19.0 Å². The van der Waals surface area contributed by atoms with Crippen LogP contribution in [0.4, 0.5) is 8.78 Å². The maximum Gasteiger partial charge on any atom is 0.159 e. The first-order valence-corrected chi connectivity index (χ1v) is 5.81. The van der Waals surface area contributed by atoms with Crippen molar-refractivity contribution in [3.05, 3.63) is 35.4 Å². The van der Waals surface area contributed by atoms with Gasteiger partial charge in [-0.3, -0.25) is 0 Å². The average Bonchev–Trinajstić information content (AvgIpc) is 2.22. The molecule has 1 rings (SSSR count). The van der Waals surface area contributed by atoms with Gasteiger partial charge < -0.3 is 10.4 Å². The summed E-state index contributed by atoms with van der Waals surface area (Å²) < 4.78 is 25.6. The van der Waals surface area contributed by atoms with Gasteiger partial charge in [0.05, 0.1) is 6.10 Å². The van der Waals surface area contributed by atoms with Crippen molar-refractivity contribution in [2.24, 2.45) is 5.92 Å². The smallest absolute Gasteiger partial charge is 0.159 e. The topological polar surface area (TPSA) is 32.3 Å². The molecular formula is C13H19F2NO. The molecule has 4 heteroatoms. The first-order chi connectivity index (χ1) is 7.99. The summed E-state index contributed by atoms with van der Waals surface area (Å²) in [6, 6.07) is 3.89. The molecule has 0 fully saturated rings. The molecule has 1 aromatic rings. The van der Waals surface area contributed by atoms with Crippen LogP contribution in [-0.4, -0.2) is 17.8 Å². The molecule has 0 aromatic heterocycles. The molecule has 0 aliphatic carbocycles. The average molecular weight is 243 g/mol. The van der Waals surface area contributed by atoms with E-state index in [9.17, 15) is 13.9 Å². The number of aliphatic hydroxyl groups excluding tert-OH is 1. The zero-order chi connectivity index (χ0) is 12.8. The molecule has 0 heterocycles. The maximum atomic E-state index is 12.9. The summed E-state index contributed by atoms with van der Waals surface area (Å²) in [6.45, 7) is 5.03. The zero-order valence-corrected chi connectivity index (χ0v) is 10.2. The molecule has 0 aliphatic heterocycles. The third-order valence-corrected chi connectivity index (χ3v) is 2.55. The van der Waals surface area contributed by atoms with Crippen molar-refractivity contribution in [3.8, 4) is 0 Å². The highest BCUT2D eigenvalue weighted by Gasteiger charge is 2.06. The lowest BCUT2D eigenvalue weighted by molar-refractivity contribution is 0.163. The summed E-state index contributed by atoms with van der Waals surface area (Å²) in [5.74, 6) is -1.29. The molecule has 96 valence electrons. The molecule has 0 amide bonds. The Morgan fingerprint density at radius 3 is 2.53 bits per heavy atom. The molecule has 1 aromatic carbocycles. The van der Waals surface area contributed by atoms with Gasteiger partial charge in [-0.15, -0.1) is 0 Å². The van der Waals surface area contributed by atoms with Crippen LogP contribution < -0.4 is 5.32 Å². The van der Waals surface area contributed by atoms with Crippen molar-refractivity contribution >= 4 is 0 Å². The van der Waals surface area contributed by atoms with Crippen molar-refractivity contribution in [2.75, 3.05) is 6.54 Å². The first kappa shape index (κ1) is 14.1. The van der Waals surface area contributed by atoms with Crippen LogP contribution in [0, 0.1) is 17.6 Å². The van der Waals surface area contributed by atoms with E-state index < -0.39 is 11.6 Å². The molecule has 0 saturated carbocycles. The number of rotatable bonds is 6. The Labute approximate surface area is 101 Å². The maximum absolute atomic E-state index is 12.9. The Morgan fingerprint density at radius 1 is 1.24 bits per heavy atom. The number of nitrogens with one attached hydrogen (secondary N) is 1. The molecule has 2 unspecified atom stereocenters. The fourth-order valence-electron chi connectivity index (χ4n) is 1.78. The summed E-state index contributed by atoms with van der Waals surface area (Å²) in [5, 5.41) is 12.3. The number of hydrogen-bond acceptors (Lipinski definition) is 2. The van der Waals surface area contributed by atoms with Gasteiger partial charge in [0.2, 0.25) is 0 Å². The van der Waals surface area contributed by atoms with E-state index in [0.29, 0.717) is 18.0 Å². The van der Waals surface area contributed by atoms with Crippen LogP contribution in [-0.2, 0) is 6.54 Å². The SMILES string of the molecule is CC(O)CC(C)CNCc1ccc(F)c(F)c1. The highest BCUT2D eigenvalue weighted by molar-refractivity contribution is 5.17. The Morgan fingerprint density at radius 2 is 1.94 bits per heavy atom. The minimum Gasteiger partial charge on any atom is -0.393 e. The normalized spacial score (nSPS) is 14.6. The molecule has 0 radical (unpaired) electrons. The van der Waals surface area contributed by atoms with Gasteiger partial charge >= 0.3 is 0 Å². The van der Waals surface area contributed by atoms with E-state index in [1.165, 1.54) is 6.07 Å².